The lowest BCUT2D eigenvalue weighted by atomic mass is 9.97. The molecule has 0 saturated carbocycles. The first kappa shape index (κ1) is 13.9. The maximum atomic E-state index is 11.7. The van der Waals surface area contributed by atoms with Crippen molar-refractivity contribution in [2.75, 3.05) is 6.61 Å². The summed E-state index contributed by atoms with van der Waals surface area (Å²) < 4.78 is 10.1. The fraction of sp³-hybridized carbons (Fsp3) is 0.545. The van der Waals surface area contributed by atoms with Crippen molar-refractivity contribution in [3.8, 4) is 0 Å². The normalized spacial score (nSPS) is 20.5. The number of esters is 2. The second-order valence-corrected chi connectivity index (χ2v) is 4.50. The third kappa shape index (κ3) is 3.66. The van der Waals surface area contributed by atoms with E-state index in [1.807, 2.05) is 0 Å². The van der Waals surface area contributed by atoms with Crippen molar-refractivity contribution in [2.24, 2.45) is 5.92 Å². The molecule has 1 aliphatic rings. The molecular weight excluding hydrogens is 292 g/mol. The molecule has 2 atom stereocenters. The van der Waals surface area contributed by atoms with Crippen LogP contribution in [-0.4, -0.2) is 30.4 Å². The number of carbonyl (C=O) groups is 3. The third-order valence-electron chi connectivity index (χ3n) is 2.24. The minimum absolute atomic E-state index is 0.00639. The van der Waals surface area contributed by atoms with Crippen molar-refractivity contribution in [1.29, 1.82) is 0 Å². The zero-order valence-corrected chi connectivity index (χ0v) is 11.2. The van der Waals surface area contributed by atoms with Crippen LogP contribution in [0.5, 0.6) is 0 Å². The van der Waals surface area contributed by atoms with Crippen LogP contribution in [0.3, 0.4) is 0 Å². The van der Waals surface area contributed by atoms with Crippen LogP contribution in [0.2, 0.25) is 0 Å². The molecule has 0 amide bonds. The molecule has 6 heteroatoms. The van der Waals surface area contributed by atoms with Gasteiger partial charge in [0.1, 0.15) is 22.3 Å². The van der Waals surface area contributed by atoms with Crippen molar-refractivity contribution in [3.05, 3.63) is 10.6 Å². The van der Waals surface area contributed by atoms with Gasteiger partial charge in [-0.25, -0.2) is 4.79 Å². The van der Waals surface area contributed by atoms with Crippen LogP contribution in [0.15, 0.2) is 10.6 Å². The summed E-state index contributed by atoms with van der Waals surface area (Å²) in [6.07, 6.45) is 0.736. The quantitative estimate of drug-likeness (QED) is 0.717. The van der Waals surface area contributed by atoms with E-state index in [9.17, 15) is 14.4 Å². The summed E-state index contributed by atoms with van der Waals surface area (Å²) in [7, 11) is 0. The minimum Gasteiger partial charge on any atom is -0.466 e. The molecule has 0 aromatic carbocycles. The summed E-state index contributed by atoms with van der Waals surface area (Å²) in [5.74, 6) is -1.99. The zero-order chi connectivity index (χ0) is 13.0. The van der Waals surface area contributed by atoms with Crippen LogP contribution in [0, 0.1) is 5.92 Å². The van der Waals surface area contributed by atoms with E-state index in [4.69, 9.17) is 9.47 Å². The molecule has 2 unspecified atom stereocenters. The molecule has 1 heterocycles. The van der Waals surface area contributed by atoms with Gasteiger partial charge in [-0.1, -0.05) is 0 Å². The fourth-order valence-electron chi connectivity index (χ4n) is 1.52. The molecule has 5 nitrogen and oxygen atoms in total. The molecule has 0 aliphatic carbocycles. The predicted octanol–water partition coefficient (Wildman–Crippen LogP) is 1.35. The molecular formula is C11H13BrO5. The Morgan fingerprint density at radius 1 is 1.59 bits per heavy atom. The highest BCUT2D eigenvalue weighted by atomic mass is 79.9. The Labute approximate surface area is 107 Å². The number of ketones is 1. The SMILES string of the molecule is CCOC(=O)C(CC(C)=O)C1C=C(Br)C(=O)O1. The van der Waals surface area contributed by atoms with Crippen molar-refractivity contribution in [1.82, 2.24) is 0 Å². The molecule has 0 bridgehead atoms. The summed E-state index contributed by atoms with van der Waals surface area (Å²) in [4.78, 5) is 34.0. The van der Waals surface area contributed by atoms with Crippen LogP contribution >= 0.6 is 15.9 Å². The smallest absolute Gasteiger partial charge is 0.345 e. The van der Waals surface area contributed by atoms with E-state index >= 15 is 0 Å². The van der Waals surface area contributed by atoms with Gasteiger partial charge in [0.2, 0.25) is 0 Å². The van der Waals surface area contributed by atoms with Gasteiger partial charge < -0.3 is 9.47 Å². The third-order valence-corrected chi connectivity index (χ3v) is 2.83. The van der Waals surface area contributed by atoms with E-state index in [1.165, 1.54) is 13.0 Å². The summed E-state index contributed by atoms with van der Waals surface area (Å²) >= 11 is 3.02. The van der Waals surface area contributed by atoms with Gasteiger partial charge in [-0.05, 0) is 35.9 Å². The van der Waals surface area contributed by atoms with E-state index in [0.717, 1.165) is 0 Å². The molecule has 1 rings (SSSR count). The monoisotopic (exact) mass is 304 g/mol. The van der Waals surface area contributed by atoms with E-state index in [2.05, 4.69) is 15.9 Å². The van der Waals surface area contributed by atoms with Crippen LogP contribution < -0.4 is 0 Å². The number of hydrogen-bond acceptors (Lipinski definition) is 5. The summed E-state index contributed by atoms with van der Waals surface area (Å²) in [6.45, 7) is 3.27. The Morgan fingerprint density at radius 3 is 2.65 bits per heavy atom. The number of rotatable bonds is 5. The molecule has 0 N–H and O–H groups in total. The van der Waals surface area contributed by atoms with Gasteiger partial charge in [-0.15, -0.1) is 0 Å². The van der Waals surface area contributed by atoms with Crippen LogP contribution in [-0.2, 0) is 23.9 Å². The van der Waals surface area contributed by atoms with Gasteiger partial charge in [-0.2, -0.15) is 0 Å². The summed E-state index contributed by atoms with van der Waals surface area (Å²) in [5, 5.41) is 0. The number of cyclic esters (lactones) is 1. The standard InChI is InChI=1S/C11H13BrO5/c1-3-16-10(14)7(4-6(2)13)9-5-8(12)11(15)17-9/h5,7,9H,3-4H2,1-2H3. The van der Waals surface area contributed by atoms with Gasteiger partial charge in [-0.3, -0.25) is 9.59 Å². The van der Waals surface area contributed by atoms with Gasteiger partial charge in [0.15, 0.2) is 0 Å². The molecule has 0 fully saturated rings. The van der Waals surface area contributed by atoms with Crippen LogP contribution in [0.25, 0.3) is 0 Å². The maximum absolute atomic E-state index is 11.7. The van der Waals surface area contributed by atoms with E-state index < -0.39 is 24.0 Å². The highest BCUT2D eigenvalue weighted by Gasteiger charge is 2.36. The maximum Gasteiger partial charge on any atom is 0.345 e. The fourth-order valence-corrected chi connectivity index (χ4v) is 1.87. The highest BCUT2D eigenvalue weighted by molar-refractivity contribution is 9.12. The first-order valence-electron chi connectivity index (χ1n) is 5.20. The Kier molecular flexibility index (Phi) is 4.86. The molecule has 0 radical (unpaired) electrons. The van der Waals surface area contributed by atoms with Crippen molar-refractivity contribution < 1.29 is 23.9 Å². The topological polar surface area (TPSA) is 69.7 Å². The molecule has 0 saturated heterocycles. The zero-order valence-electron chi connectivity index (χ0n) is 9.57. The lowest BCUT2D eigenvalue weighted by Gasteiger charge is -2.18. The molecule has 94 valence electrons. The number of hydrogen-bond donors (Lipinski definition) is 0. The first-order chi connectivity index (χ1) is 7.95. The summed E-state index contributed by atoms with van der Waals surface area (Å²) in [5.41, 5.74) is 0. The van der Waals surface area contributed by atoms with Gasteiger partial charge in [0.25, 0.3) is 0 Å². The van der Waals surface area contributed by atoms with Crippen LogP contribution in [0.1, 0.15) is 20.3 Å². The lowest BCUT2D eigenvalue weighted by Crippen LogP contribution is -2.31. The van der Waals surface area contributed by atoms with Crippen molar-refractivity contribution in [3.63, 3.8) is 0 Å². The van der Waals surface area contributed by atoms with Crippen LogP contribution in [0.4, 0.5) is 0 Å². The average molecular weight is 305 g/mol. The number of Topliss-reactive ketones (excluding diaryl/α,β-unsaturated/α-hetero) is 1. The van der Waals surface area contributed by atoms with Gasteiger partial charge >= 0.3 is 11.9 Å². The first-order valence-corrected chi connectivity index (χ1v) is 5.99. The Bertz CT molecular complexity index is 374. The van der Waals surface area contributed by atoms with E-state index in [0.29, 0.717) is 0 Å². The highest BCUT2D eigenvalue weighted by Crippen LogP contribution is 2.26. The number of halogens is 1. The lowest BCUT2D eigenvalue weighted by molar-refractivity contribution is -0.156. The predicted molar refractivity (Wildman–Crippen MR) is 62.3 cm³/mol. The largest absolute Gasteiger partial charge is 0.466 e. The second kappa shape index (κ2) is 5.95. The second-order valence-electron chi connectivity index (χ2n) is 3.65. The number of carbonyl (C=O) groups excluding carboxylic acids is 3. The van der Waals surface area contributed by atoms with E-state index in [1.54, 1.807) is 6.92 Å². The molecule has 17 heavy (non-hydrogen) atoms. The Morgan fingerprint density at radius 2 is 2.24 bits per heavy atom. The molecule has 0 aromatic rings. The minimum atomic E-state index is -0.772. The Hall–Kier alpha value is -1.17. The van der Waals surface area contributed by atoms with E-state index in [-0.39, 0.29) is 23.3 Å². The Balaban J connectivity index is 2.80. The molecule has 0 aromatic heterocycles. The average Bonchev–Trinajstić information content (AvgIpc) is 2.55. The van der Waals surface area contributed by atoms with Crippen molar-refractivity contribution >= 4 is 33.7 Å². The van der Waals surface area contributed by atoms with Crippen molar-refractivity contribution in [2.45, 2.75) is 26.4 Å². The van der Waals surface area contributed by atoms with Gasteiger partial charge in [0.05, 0.1) is 6.61 Å². The molecule has 0 spiro atoms. The molecule has 1 aliphatic heterocycles. The van der Waals surface area contributed by atoms with Gasteiger partial charge in [0, 0.05) is 6.42 Å². The number of ether oxygens (including phenoxy) is 2. The summed E-state index contributed by atoms with van der Waals surface area (Å²) in [6, 6.07) is 0.